The third kappa shape index (κ3) is 5.39. The molecule has 6 nitrogen and oxygen atoms in total. The van der Waals surface area contributed by atoms with Gasteiger partial charge in [-0.15, -0.1) is 0 Å². The second-order valence-electron chi connectivity index (χ2n) is 3.75. The summed E-state index contributed by atoms with van der Waals surface area (Å²) < 4.78 is 9.74. The molecule has 1 atom stereocenters. The van der Waals surface area contributed by atoms with Crippen molar-refractivity contribution in [3.05, 3.63) is 35.9 Å². The Balaban J connectivity index is 2.39. The lowest BCUT2D eigenvalue weighted by molar-refractivity contribution is -0.145. The van der Waals surface area contributed by atoms with Crippen molar-refractivity contribution in [1.29, 1.82) is 0 Å². The maximum atomic E-state index is 11.5. The number of carbonyl (C=O) groups excluding carboxylic acids is 2. The van der Waals surface area contributed by atoms with Gasteiger partial charge in [0.25, 0.3) is 0 Å². The molecule has 0 spiro atoms. The molecule has 0 radical (unpaired) electrons. The van der Waals surface area contributed by atoms with Gasteiger partial charge in [0.15, 0.2) is 0 Å². The summed E-state index contributed by atoms with van der Waals surface area (Å²) in [6.45, 7) is 2.00. The second-order valence-corrected chi connectivity index (χ2v) is 3.75. The van der Waals surface area contributed by atoms with Gasteiger partial charge in [-0.05, 0) is 12.5 Å². The number of hydrogen-bond acceptors (Lipinski definition) is 5. The van der Waals surface area contributed by atoms with Gasteiger partial charge in [0.1, 0.15) is 12.6 Å². The van der Waals surface area contributed by atoms with Gasteiger partial charge in [0.2, 0.25) is 0 Å². The number of ether oxygens (including phenoxy) is 2. The zero-order valence-corrected chi connectivity index (χ0v) is 10.8. The van der Waals surface area contributed by atoms with Crippen molar-refractivity contribution in [2.24, 2.45) is 5.73 Å². The van der Waals surface area contributed by atoms with Crippen molar-refractivity contribution in [3.8, 4) is 0 Å². The lowest BCUT2D eigenvalue weighted by atomic mass is 10.2. The first-order chi connectivity index (χ1) is 9.17. The molecular weight excluding hydrogens is 248 g/mol. The molecular formula is C13H18N2O4. The summed E-state index contributed by atoms with van der Waals surface area (Å²) in [4.78, 5) is 22.9. The summed E-state index contributed by atoms with van der Waals surface area (Å²) >= 11 is 0. The molecule has 0 aliphatic rings. The summed E-state index contributed by atoms with van der Waals surface area (Å²) in [6, 6.07) is 8.34. The number of carbonyl (C=O) groups is 2. The second kappa shape index (κ2) is 8.10. The minimum Gasteiger partial charge on any atom is -0.464 e. The molecule has 0 unspecified atom stereocenters. The van der Waals surface area contributed by atoms with E-state index >= 15 is 0 Å². The average Bonchev–Trinajstić information content (AvgIpc) is 2.44. The van der Waals surface area contributed by atoms with Gasteiger partial charge in [0, 0.05) is 6.54 Å². The zero-order chi connectivity index (χ0) is 14.1. The highest BCUT2D eigenvalue weighted by Gasteiger charge is 2.20. The highest BCUT2D eigenvalue weighted by Crippen LogP contribution is 2.00. The van der Waals surface area contributed by atoms with Crippen molar-refractivity contribution in [2.45, 2.75) is 19.6 Å². The Morgan fingerprint density at radius 1 is 1.26 bits per heavy atom. The van der Waals surface area contributed by atoms with Gasteiger partial charge in [-0.3, -0.25) is 0 Å². The molecule has 0 heterocycles. The van der Waals surface area contributed by atoms with E-state index in [9.17, 15) is 9.59 Å². The fraction of sp³-hybridized carbons (Fsp3) is 0.385. The predicted octanol–water partition coefficient (Wildman–Crippen LogP) is 0.803. The van der Waals surface area contributed by atoms with Crippen molar-refractivity contribution in [2.75, 3.05) is 13.2 Å². The van der Waals surface area contributed by atoms with E-state index < -0.39 is 18.1 Å². The van der Waals surface area contributed by atoms with Gasteiger partial charge in [-0.2, -0.15) is 0 Å². The highest BCUT2D eigenvalue weighted by molar-refractivity contribution is 5.81. The van der Waals surface area contributed by atoms with Crippen LogP contribution >= 0.6 is 0 Å². The van der Waals surface area contributed by atoms with E-state index in [1.54, 1.807) is 6.92 Å². The number of nitrogens with one attached hydrogen (secondary N) is 1. The molecule has 1 amide bonds. The highest BCUT2D eigenvalue weighted by atomic mass is 16.6. The Bertz CT molecular complexity index is 408. The maximum Gasteiger partial charge on any atom is 0.408 e. The average molecular weight is 266 g/mol. The van der Waals surface area contributed by atoms with Gasteiger partial charge in [-0.25, -0.2) is 9.59 Å². The summed E-state index contributed by atoms with van der Waals surface area (Å²) in [5, 5.41) is 2.36. The molecule has 3 N–H and O–H groups in total. The standard InChI is InChI=1S/C13H18N2O4/c1-2-18-12(16)11(8-14)15-13(17)19-9-10-6-4-3-5-7-10/h3-7,11H,2,8-9,14H2,1H3,(H,15,17)/t11-/m0/s1. The summed E-state index contributed by atoms with van der Waals surface area (Å²) in [7, 11) is 0. The largest absolute Gasteiger partial charge is 0.464 e. The van der Waals surface area contributed by atoms with Gasteiger partial charge in [0.05, 0.1) is 6.61 Å². The molecule has 1 aromatic carbocycles. The minimum atomic E-state index is -0.886. The number of nitrogens with two attached hydrogens (primary N) is 1. The van der Waals surface area contributed by atoms with Crippen molar-refractivity contribution < 1.29 is 19.1 Å². The number of benzene rings is 1. The lowest BCUT2D eigenvalue weighted by Crippen LogP contribution is -2.46. The number of alkyl carbamates (subject to hydrolysis) is 1. The number of hydrogen-bond donors (Lipinski definition) is 2. The molecule has 1 aromatic rings. The molecule has 1 rings (SSSR count). The van der Waals surface area contributed by atoms with Crippen LogP contribution in [0.1, 0.15) is 12.5 Å². The van der Waals surface area contributed by atoms with Gasteiger partial charge in [-0.1, -0.05) is 30.3 Å². The van der Waals surface area contributed by atoms with Crippen molar-refractivity contribution >= 4 is 12.1 Å². The van der Waals surface area contributed by atoms with Crippen LogP contribution in [0.2, 0.25) is 0 Å². The first kappa shape index (κ1) is 15.0. The topological polar surface area (TPSA) is 90.6 Å². The van der Waals surface area contributed by atoms with Crippen molar-refractivity contribution in [3.63, 3.8) is 0 Å². The Kier molecular flexibility index (Phi) is 6.38. The van der Waals surface area contributed by atoms with Crippen LogP contribution in [-0.2, 0) is 20.9 Å². The number of amides is 1. The van der Waals surface area contributed by atoms with E-state index in [-0.39, 0.29) is 19.8 Å². The van der Waals surface area contributed by atoms with Crippen LogP contribution in [-0.4, -0.2) is 31.3 Å². The first-order valence-corrected chi connectivity index (χ1v) is 6.01. The van der Waals surface area contributed by atoms with Crippen LogP contribution in [0.3, 0.4) is 0 Å². The molecule has 0 aliphatic carbocycles. The third-order valence-corrected chi connectivity index (χ3v) is 2.31. The van der Waals surface area contributed by atoms with Crippen LogP contribution in [0.25, 0.3) is 0 Å². The predicted molar refractivity (Wildman–Crippen MR) is 69.2 cm³/mol. The Morgan fingerprint density at radius 2 is 1.95 bits per heavy atom. The molecule has 0 fully saturated rings. The smallest absolute Gasteiger partial charge is 0.408 e. The first-order valence-electron chi connectivity index (χ1n) is 6.01. The van der Waals surface area contributed by atoms with Crippen molar-refractivity contribution in [1.82, 2.24) is 5.32 Å². The summed E-state index contributed by atoms with van der Waals surface area (Å²) in [5.74, 6) is -0.568. The van der Waals surface area contributed by atoms with Crippen LogP contribution in [0.4, 0.5) is 4.79 Å². The van der Waals surface area contributed by atoms with E-state index in [4.69, 9.17) is 15.2 Å². The minimum absolute atomic E-state index is 0.0424. The van der Waals surface area contributed by atoms with E-state index in [1.165, 1.54) is 0 Å². The fourth-order valence-electron chi connectivity index (χ4n) is 1.36. The van der Waals surface area contributed by atoms with Crippen LogP contribution < -0.4 is 11.1 Å². The van der Waals surface area contributed by atoms with E-state index in [2.05, 4.69) is 5.32 Å². The number of rotatable bonds is 6. The Hall–Kier alpha value is -2.08. The summed E-state index contributed by atoms with van der Waals surface area (Å²) in [6.07, 6.45) is -0.702. The third-order valence-electron chi connectivity index (χ3n) is 2.31. The normalized spacial score (nSPS) is 11.5. The van der Waals surface area contributed by atoms with Crippen LogP contribution in [0.5, 0.6) is 0 Å². The molecule has 0 aliphatic heterocycles. The molecule has 0 bridgehead atoms. The van der Waals surface area contributed by atoms with Crippen LogP contribution in [0.15, 0.2) is 30.3 Å². The van der Waals surface area contributed by atoms with Gasteiger partial charge < -0.3 is 20.5 Å². The Labute approximate surface area is 111 Å². The van der Waals surface area contributed by atoms with E-state index in [0.29, 0.717) is 0 Å². The molecule has 0 saturated carbocycles. The summed E-state index contributed by atoms with van der Waals surface area (Å²) in [5.41, 5.74) is 6.25. The fourth-order valence-corrected chi connectivity index (χ4v) is 1.36. The van der Waals surface area contributed by atoms with Crippen LogP contribution in [0, 0.1) is 0 Å². The molecule has 104 valence electrons. The molecule has 6 heteroatoms. The molecule has 0 saturated heterocycles. The maximum absolute atomic E-state index is 11.5. The zero-order valence-electron chi connectivity index (χ0n) is 10.8. The van der Waals surface area contributed by atoms with E-state index in [0.717, 1.165) is 5.56 Å². The molecule has 0 aromatic heterocycles. The number of esters is 1. The van der Waals surface area contributed by atoms with E-state index in [1.807, 2.05) is 30.3 Å². The Morgan fingerprint density at radius 3 is 2.53 bits per heavy atom. The van der Waals surface area contributed by atoms with Gasteiger partial charge >= 0.3 is 12.1 Å². The lowest BCUT2D eigenvalue weighted by Gasteiger charge is -2.15. The monoisotopic (exact) mass is 266 g/mol. The SMILES string of the molecule is CCOC(=O)[C@H](CN)NC(=O)OCc1ccccc1. The molecule has 19 heavy (non-hydrogen) atoms. The quantitative estimate of drug-likeness (QED) is 0.743.